The molecule has 0 radical (unpaired) electrons. The minimum Gasteiger partial charge on any atom is -0.297 e. The third kappa shape index (κ3) is 4.83. The topological polar surface area (TPSA) is 109 Å². The molecule has 4 rings (SSSR count). The molecule has 2 aliphatic rings. The zero-order valence-corrected chi connectivity index (χ0v) is 18.1. The number of halogens is 3. The van der Waals surface area contributed by atoms with Crippen molar-refractivity contribution in [3.05, 3.63) is 35.2 Å². The minimum absolute atomic E-state index is 0.0240. The molecule has 2 aliphatic heterocycles. The monoisotopic (exact) mass is 486 g/mol. The first-order valence-corrected chi connectivity index (χ1v) is 12.3. The molecule has 1 N–H and O–H groups in total. The van der Waals surface area contributed by atoms with Crippen LogP contribution in [0.5, 0.6) is 0 Å². The van der Waals surface area contributed by atoms with E-state index in [9.17, 15) is 31.2 Å². The van der Waals surface area contributed by atoms with Crippen molar-refractivity contribution in [3.8, 4) is 11.3 Å². The maximum Gasteiger partial charge on any atom is 0.416 e. The summed E-state index contributed by atoms with van der Waals surface area (Å²) in [4.78, 5) is 29.0. The summed E-state index contributed by atoms with van der Waals surface area (Å²) in [6.07, 6.45) is -4.11. The van der Waals surface area contributed by atoms with E-state index >= 15 is 0 Å². The Kier molecular flexibility index (Phi) is 5.79. The normalized spacial score (nSPS) is 20.8. The van der Waals surface area contributed by atoms with E-state index in [0.717, 1.165) is 28.5 Å². The van der Waals surface area contributed by atoms with Crippen molar-refractivity contribution >= 4 is 43.8 Å². The molecule has 1 fully saturated rings. The summed E-state index contributed by atoms with van der Waals surface area (Å²) >= 11 is 1.04. The highest BCUT2D eigenvalue weighted by atomic mass is 32.2. The molecule has 0 bridgehead atoms. The number of benzene rings is 1. The van der Waals surface area contributed by atoms with Gasteiger partial charge in [0, 0.05) is 23.8 Å². The number of nitrogens with zero attached hydrogens (tertiary/aromatic N) is 3. The maximum absolute atomic E-state index is 12.9. The van der Waals surface area contributed by atoms with Gasteiger partial charge in [-0.05, 0) is 18.6 Å². The highest BCUT2D eigenvalue weighted by Crippen LogP contribution is 2.33. The van der Waals surface area contributed by atoms with Crippen molar-refractivity contribution < 1.29 is 31.2 Å². The van der Waals surface area contributed by atoms with Crippen LogP contribution in [-0.4, -0.2) is 53.5 Å². The fourth-order valence-corrected chi connectivity index (χ4v) is 5.88. The third-order valence-corrected chi connectivity index (χ3v) is 7.59. The van der Waals surface area contributed by atoms with Gasteiger partial charge in [-0.2, -0.15) is 18.3 Å². The lowest BCUT2D eigenvalue weighted by Crippen LogP contribution is -2.42. The van der Waals surface area contributed by atoms with E-state index in [1.807, 2.05) is 0 Å². The molecule has 1 atom stereocenters. The Hall–Kier alpha value is -2.80. The second-order valence-corrected chi connectivity index (χ2v) is 10.5. The minimum atomic E-state index is -4.48. The van der Waals surface area contributed by atoms with E-state index in [4.69, 9.17) is 0 Å². The number of sulfone groups is 1. The van der Waals surface area contributed by atoms with Gasteiger partial charge in [-0.3, -0.25) is 14.9 Å². The molecule has 0 aliphatic carbocycles. The summed E-state index contributed by atoms with van der Waals surface area (Å²) in [6, 6.07) is 4.11. The van der Waals surface area contributed by atoms with E-state index in [1.54, 1.807) is 0 Å². The van der Waals surface area contributed by atoms with Gasteiger partial charge in [0.15, 0.2) is 15.0 Å². The molecule has 8 nitrogen and oxygen atoms in total. The molecule has 2 aromatic rings. The second kappa shape index (κ2) is 8.28. The van der Waals surface area contributed by atoms with Crippen LogP contribution in [0.3, 0.4) is 0 Å². The van der Waals surface area contributed by atoms with Crippen molar-refractivity contribution in [2.75, 3.05) is 16.8 Å². The number of thiazole rings is 1. The highest BCUT2D eigenvalue weighted by Gasteiger charge is 2.37. The van der Waals surface area contributed by atoms with Crippen LogP contribution in [0.25, 0.3) is 11.3 Å². The van der Waals surface area contributed by atoms with Crippen LogP contribution in [0.4, 0.5) is 18.3 Å². The number of anilines is 1. The Balaban J connectivity index is 1.48. The van der Waals surface area contributed by atoms with Crippen LogP contribution in [0, 0.1) is 0 Å². The number of hydrogen-bond acceptors (Lipinski definition) is 7. The van der Waals surface area contributed by atoms with E-state index < -0.39 is 33.5 Å². The van der Waals surface area contributed by atoms with Crippen LogP contribution in [0.1, 0.15) is 24.8 Å². The zero-order chi connectivity index (χ0) is 23.1. The van der Waals surface area contributed by atoms with Gasteiger partial charge >= 0.3 is 6.18 Å². The predicted molar refractivity (Wildman–Crippen MR) is 112 cm³/mol. The molecule has 32 heavy (non-hydrogen) atoms. The zero-order valence-electron chi connectivity index (χ0n) is 16.4. The Morgan fingerprint density at radius 1 is 1.25 bits per heavy atom. The van der Waals surface area contributed by atoms with E-state index in [0.29, 0.717) is 0 Å². The van der Waals surface area contributed by atoms with Crippen molar-refractivity contribution in [2.24, 2.45) is 5.10 Å². The lowest BCUT2D eigenvalue weighted by atomic mass is 10.1. The first kappa shape index (κ1) is 22.4. The number of alkyl halides is 3. The Morgan fingerprint density at radius 2 is 2.03 bits per heavy atom. The molecule has 170 valence electrons. The molecule has 0 spiro atoms. The number of rotatable bonds is 4. The van der Waals surface area contributed by atoms with Crippen molar-refractivity contribution in [1.82, 2.24) is 9.99 Å². The van der Waals surface area contributed by atoms with Crippen LogP contribution in [-0.2, 0) is 25.6 Å². The summed E-state index contributed by atoms with van der Waals surface area (Å²) in [5.74, 6) is -1.17. The van der Waals surface area contributed by atoms with E-state index in [1.165, 1.54) is 17.5 Å². The Labute approximate surface area is 185 Å². The summed E-state index contributed by atoms with van der Waals surface area (Å²) in [6.45, 7) is 0. The average molecular weight is 486 g/mol. The molecule has 1 unspecified atom stereocenters. The summed E-state index contributed by atoms with van der Waals surface area (Å²) in [7, 11) is -3.23. The lowest BCUT2D eigenvalue weighted by molar-refractivity contribution is -0.137. The molecule has 1 aromatic carbocycles. The Bertz CT molecular complexity index is 1210. The average Bonchev–Trinajstić information content (AvgIpc) is 3.34. The summed E-state index contributed by atoms with van der Waals surface area (Å²) < 4.78 is 62.2. The van der Waals surface area contributed by atoms with Gasteiger partial charge in [-0.1, -0.05) is 12.1 Å². The van der Waals surface area contributed by atoms with Gasteiger partial charge in [0.1, 0.15) is 5.71 Å². The van der Waals surface area contributed by atoms with Gasteiger partial charge in [0.05, 0.1) is 28.8 Å². The number of carbonyl (C=O) groups is 2. The largest absolute Gasteiger partial charge is 0.416 e. The van der Waals surface area contributed by atoms with E-state index in [-0.39, 0.29) is 58.8 Å². The number of hydrogen-bond donors (Lipinski definition) is 1. The number of nitrogens with one attached hydrogen (secondary N) is 1. The van der Waals surface area contributed by atoms with Gasteiger partial charge in [-0.25, -0.2) is 18.4 Å². The van der Waals surface area contributed by atoms with E-state index in [2.05, 4.69) is 15.4 Å². The van der Waals surface area contributed by atoms with Gasteiger partial charge in [-0.15, -0.1) is 11.3 Å². The molecule has 0 saturated carbocycles. The fourth-order valence-electron chi connectivity index (χ4n) is 3.48. The van der Waals surface area contributed by atoms with Crippen molar-refractivity contribution in [2.45, 2.75) is 31.5 Å². The molecule has 2 amide bonds. The highest BCUT2D eigenvalue weighted by molar-refractivity contribution is 7.91. The maximum atomic E-state index is 12.9. The van der Waals surface area contributed by atoms with Crippen LogP contribution < -0.4 is 5.32 Å². The first-order chi connectivity index (χ1) is 15.0. The number of amides is 2. The number of aromatic nitrogens is 1. The van der Waals surface area contributed by atoms with Gasteiger partial charge in [0.25, 0.3) is 5.91 Å². The lowest BCUT2D eigenvalue weighted by Gasteiger charge is -2.27. The van der Waals surface area contributed by atoms with Crippen molar-refractivity contribution in [3.63, 3.8) is 0 Å². The summed E-state index contributed by atoms with van der Waals surface area (Å²) in [5.41, 5.74) is -0.214. The smallest absolute Gasteiger partial charge is 0.297 e. The number of carbonyl (C=O) groups excluding carboxylic acids is 2. The Morgan fingerprint density at radius 3 is 2.72 bits per heavy atom. The van der Waals surface area contributed by atoms with Gasteiger partial charge in [0.2, 0.25) is 5.91 Å². The van der Waals surface area contributed by atoms with Crippen LogP contribution in [0.2, 0.25) is 0 Å². The molecule has 3 heterocycles. The standard InChI is InChI=1S/C19H17F3N4O4S2/c20-19(21,22)12-3-1-2-11(8-12)15-9-31-18(23-15)24-17(28)14-4-5-16(27)26(25-14)13-6-7-32(29,30)10-13/h1-3,8-9,13H,4-7,10H2,(H,23,24,28). The summed E-state index contributed by atoms with van der Waals surface area (Å²) in [5, 5.41) is 9.40. The van der Waals surface area contributed by atoms with Crippen LogP contribution in [0.15, 0.2) is 34.7 Å². The third-order valence-electron chi connectivity index (χ3n) is 5.09. The molecule has 1 aromatic heterocycles. The predicted octanol–water partition coefficient (Wildman–Crippen LogP) is 2.93. The van der Waals surface area contributed by atoms with Gasteiger partial charge < -0.3 is 0 Å². The molecule has 1 saturated heterocycles. The quantitative estimate of drug-likeness (QED) is 0.715. The SMILES string of the molecule is O=C(Nc1nc(-c2cccc(C(F)(F)F)c2)cs1)C1=NN(C2CCS(=O)(=O)C2)C(=O)CC1. The second-order valence-electron chi connectivity index (χ2n) is 7.41. The molecule has 13 heteroatoms. The first-order valence-electron chi connectivity index (χ1n) is 9.56. The van der Waals surface area contributed by atoms with Crippen molar-refractivity contribution in [1.29, 1.82) is 0 Å². The molecular formula is C19H17F3N4O4S2. The number of hydrazone groups is 1. The van der Waals surface area contributed by atoms with Crippen LogP contribution >= 0.6 is 11.3 Å². The molecular weight excluding hydrogens is 469 g/mol. The fraction of sp³-hybridized carbons (Fsp3) is 0.368.